The summed E-state index contributed by atoms with van der Waals surface area (Å²) < 4.78 is 64.7. The monoisotopic (exact) mass is 576 g/mol. The van der Waals surface area contributed by atoms with Gasteiger partial charge in [-0.05, 0) is 55.0 Å². The third kappa shape index (κ3) is 6.02. The van der Waals surface area contributed by atoms with Gasteiger partial charge in [-0.3, -0.25) is 4.57 Å². The lowest BCUT2D eigenvalue weighted by molar-refractivity contribution is -0.139. The molecule has 0 aliphatic heterocycles. The Morgan fingerprint density at radius 2 is 1.67 bits per heavy atom. The zero-order valence-electron chi connectivity index (χ0n) is 23.0. The van der Waals surface area contributed by atoms with Crippen molar-refractivity contribution in [1.29, 1.82) is 0 Å². The van der Waals surface area contributed by atoms with Crippen LogP contribution in [0.4, 0.5) is 13.2 Å². The van der Waals surface area contributed by atoms with E-state index in [1.165, 1.54) is 38.3 Å². The van der Waals surface area contributed by atoms with E-state index in [-0.39, 0.29) is 16.9 Å². The third-order valence-electron chi connectivity index (χ3n) is 6.74. The van der Waals surface area contributed by atoms with Crippen LogP contribution in [0.25, 0.3) is 16.7 Å². The molecule has 10 heteroatoms. The van der Waals surface area contributed by atoms with Gasteiger partial charge in [0.15, 0.2) is 0 Å². The smallest absolute Gasteiger partial charge is 0.416 e. The number of halogens is 3. The number of benzene rings is 4. The van der Waals surface area contributed by atoms with Gasteiger partial charge in [0.2, 0.25) is 0 Å². The molecule has 42 heavy (non-hydrogen) atoms. The Morgan fingerprint density at radius 1 is 0.929 bits per heavy atom. The van der Waals surface area contributed by atoms with E-state index in [4.69, 9.17) is 18.9 Å². The highest BCUT2D eigenvalue weighted by atomic mass is 19.4. The molecule has 216 valence electrons. The maximum absolute atomic E-state index is 13.6. The van der Waals surface area contributed by atoms with E-state index in [1.54, 1.807) is 30.1 Å². The molecule has 0 amide bonds. The first-order chi connectivity index (χ1) is 20.2. The molecule has 1 unspecified atom stereocenters. The van der Waals surface area contributed by atoms with Gasteiger partial charge in [-0.25, -0.2) is 9.78 Å². The quantitative estimate of drug-likeness (QED) is 0.169. The fourth-order valence-corrected chi connectivity index (χ4v) is 4.58. The summed E-state index contributed by atoms with van der Waals surface area (Å²) in [6.45, 7) is 1.86. The van der Waals surface area contributed by atoms with Crippen LogP contribution in [0.5, 0.6) is 17.2 Å². The molecular formula is C32H27F3N2O5. The predicted octanol–water partition coefficient (Wildman–Crippen LogP) is 7.56. The number of rotatable bonds is 9. The zero-order chi connectivity index (χ0) is 29.9. The van der Waals surface area contributed by atoms with Crippen LogP contribution in [0.3, 0.4) is 0 Å². The van der Waals surface area contributed by atoms with Crippen LogP contribution < -0.4 is 14.2 Å². The minimum atomic E-state index is -4.56. The van der Waals surface area contributed by atoms with Crippen molar-refractivity contribution in [2.45, 2.75) is 25.8 Å². The topological polar surface area (TPSA) is 71.8 Å². The van der Waals surface area contributed by atoms with E-state index in [0.29, 0.717) is 23.6 Å². The van der Waals surface area contributed by atoms with E-state index in [9.17, 15) is 18.0 Å². The Hall–Kier alpha value is -4.99. The first kappa shape index (κ1) is 28.5. The van der Waals surface area contributed by atoms with Crippen molar-refractivity contribution in [3.8, 4) is 22.9 Å². The number of aromatic nitrogens is 2. The van der Waals surface area contributed by atoms with Gasteiger partial charge in [0, 0.05) is 17.7 Å². The van der Waals surface area contributed by atoms with Crippen LogP contribution in [-0.4, -0.2) is 29.7 Å². The number of alkyl halides is 3. The van der Waals surface area contributed by atoms with Gasteiger partial charge in [0.05, 0.1) is 36.5 Å². The number of nitrogens with zero attached hydrogens (tertiary/aromatic N) is 2. The standard InChI is InChI=1S/C32H27F3N2O5/c1-20(25-6-4-5-7-27(25)32(33,34)35)42-30-16-22(10-14-26(30)31(38)40-3)37-19-36-28-17-24(13-15-29(28)37)41-18-21-8-11-23(39-2)12-9-21/h4-17,19-20H,18H2,1-3H3. The second-order valence-corrected chi connectivity index (χ2v) is 9.42. The molecule has 0 radical (unpaired) electrons. The summed E-state index contributed by atoms with van der Waals surface area (Å²) in [5, 5.41) is 0. The summed E-state index contributed by atoms with van der Waals surface area (Å²) in [5.41, 5.74) is 2.19. The van der Waals surface area contributed by atoms with E-state index in [1.807, 2.05) is 42.5 Å². The summed E-state index contributed by atoms with van der Waals surface area (Å²) in [7, 11) is 2.83. The molecule has 0 spiro atoms. The lowest BCUT2D eigenvalue weighted by Gasteiger charge is -2.21. The van der Waals surface area contributed by atoms with E-state index in [2.05, 4.69) is 4.98 Å². The normalized spacial score (nSPS) is 12.1. The maximum Gasteiger partial charge on any atom is 0.416 e. The highest BCUT2D eigenvalue weighted by Crippen LogP contribution is 2.37. The number of hydrogen-bond donors (Lipinski definition) is 0. The van der Waals surface area contributed by atoms with Crippen LogP contribution >= 0.6 is 0 Å². The van der Waals surface area contributed by atoms with E-state index >= 15 is 0 Å². The van der Waals surface area contributed by atoms with Crippen LogP contribution in [0.2, 0.25) is 0 Å². The Morgan fingerprint density at radius 3 is 2.38 bits per heavy atom. The largest absolute Gasteiger partial charge is 0.497 e. The molecular weight excluding hydrogens is 549 g/mol. The molecule has 0 aliphatic rings. The minimum absolute atomic E-state index is 0.0542. The number of fused-ring (bicyclic) bond motifs is 1. The van der Waals surface area contributed by atoms with Gasteiger partial charge in [0.1, 0.15) is 41.9 Å². The average Bonchev–Trinajstić information content (AvgIpc) is 3.43. The van der Waals surface area contributed by atoms with Crippen molar-refractivity contribution in [3.63, 3.8) is 0 Å². The lowest BCUT2D eigenvalue weighted by atomic mass is 10.0. The molecule has 0 bridgehead atoms. The predicted molar refractivity (Wildman–Crippen MR) is 150 cm³/mol. The summed E-state index contributed by atoms with van der Waals surface area (Å²) in [5.74, 6) is 0.789. The molecule has 0 N–H and O–H groups in total. The Kier molecular flexibility index (Phi) is 8.06. The fourth-order valence-electron chi connectivity index (χ4n) is 4.58. The number of ether oxygens (including phenoxy) is 4. The number of carbonyl (C=O) groups excluding carboxylic acids is 1. The lowest BCUT2D eigenvalue weighted by Crippen LogP contribution is -2.15. The SMILES string of the molecule is COC(=O)c1ccc(-n2cnc3cc(OCc4ccc(OC)cc4)ccc32)cc1OC(C)c1ccccc1C(F)(F)F. The van der Waals surface area contributed by atoms with Crippen molar-refractivity contribution in [2.24, 2.45) is 0 Å². The first-order valence-corrected chi connectivity index (χ1v) is 13.0. The Balaban J connectivity index is 1.42. The highest BCUT2D eigenvalue weighted by molar-refractivity contribution is 5.93. The maximum atomic E-state index is 13.6. The molecule has 7 nitrogen and oxygen atoms in total. The van der Waals surface area contributed by atoms with Gasteiger partial charge in [-0.2, -0.15) is 13.2 Å². The van der Waals surface area contributed by atoms with Crippen LogP contribution in [-0.2, 0) is 17.5 Å². The fraction of sp³-hybridized carbons (Fsp3) is 0.188. The molecule has 1 heterocycles. The molecule has 5 aromatic rings. The van der Waals surface area contributed by atoms with Gasteiger partial charge < -0.3 is 18.9 Å². The zero-order valence-corrected chi connectivity index (χ0v) is 23.0. The van der Waals surface area contributed by atoms with Gasteiger partial charge in [0.25, 0.3) is 0 Å². The summed E-state index contributed by atoms with van der Waals surface area (Å²) in [6.07, 6.45) is -3.97. The minimum Gasteiger partial charge on any atom is -0.497 e. The average molecular weight is 577 g/mol. The molecule has 0 fully saturated rings. The molecule has 5 rings (SSSR count). The van der Waals surface area contributed by atoms with Crippen molar-refractivity contribution in [1.82, 2.24) is 9.55 Å². The van der Waals surface area contributed by atoms with Crippen molar-refractivity contribution >= 4 is 17.0 Å². The first-order valence-electron chi connectivity index (χ1n) is 13.0. The molecule has 0 saturated carbocycles. The molecule has 0 saturated heterocycles. The second-order valence-electron chi connectivity index (χ2n) is 9.42. The van der Waals surface area contributed by atoms with Crippen molar-refractivity contribution in [3.05, 3.63) is 114 Å². The number of methoxy groups -OCH3 is 2. The molecule has 0 aliphatic carbocycles. The van der Waals surface area contributed by atoms with Crippen molar-refractivity contribution in [2.75, 3.05) is 14.2 Å². The number of esters is 1. The number of imidazole rings is 1. The third-order valence-corrected chi connectivity index (χ3v) is 6.74. The number of carbonyl (C=O) groups is 1. The number of hydrogen-bond acceptors (Lipinski definition) is 6. The summed E-state index contributed by atoms with van der Waals surface area (Å²) >= 11 is 0. The van der Waals surface area contributed by atoms with Gasteiger partial charge >= 0.3 is 12.1 Å². The van der Waals surface area contributed by atoms with Crippen LogP contribution in [0.15, 0.2) is 91.3 Å². The summed E-state index contributed by atoms with van der Waals surface area (Å²) in [6, 6.07) is 23.0. The van der Waals surface area contributed by atoms with E-state index < -0.39 is 23.8 Å². The van der Waals surface area contributed by atoms with Crippen LogP contribution in [0, 0.1) is 0 Å². The Bertz CT molecular complexity index is 1710. The molecule has 1 atom stereocenters. The van der Waals surface area contributed by atoms with Gasteiger partial charge in [-0.1, -0.05) is 30.3 Å². The van der Waals surface area contributed by atoms with Crippen molar-refractivity contribution < 1.29 is 36.9 Å². The van der Waals surface area contributed by atoms with Crippen LogP contribution in [0.1, 0.15) is 40.1 Å². The Labute approximate surface area is 240 Å². The molecule has 4 aromatic carbocycles. The van der Waals surface area contributed by atoms with E-state index in [0.717, 1.165) is 22.9 Å². The van der Waals surface area contributed by atoms with Gasteiger partial charge in [-0.15, -0.1) is 0 Å². The summed E-state index contributed by atoms with van der Waals surface area (Å²) in [4.78, 5) is 17.0. The second kappa shape index (κ2) is 11.9. The molecule has 1 aromatic heterocycles. The highest BCUT2D eigenvalue weighted by Gasteiger charge is 2.35.